The van der Waals surface area contributed by atoms with Crippen LogP contribution in [0.5, 0.6) is 0 Å². The van der Waals surface area contributed by atoms with Gasteiger partial charge in [0.25, 0.3) is 0 Å². The van der Waals surface area contributed by atoms with Gasteiger partial charge in [0.2, 0.25) is 0 Å². The molecule has 15 heavy (non-hydrogen) atoms. The Balaban J connectivity index is 2.50. The van der Waals surface area contributed by atoms with E-state index < -0.39 is 12.1 Å². The fourth-order valence-corrected chi connectivity index (χ4v) is 2.23. The minimum absolute atomic E-state index is 0.306. The van der Waals surface area contributed by atoms with Crippen LogP contribution in [0.4, 0.5) is 0 Å². The summed E-state index contributed by atoms with van der Waals surface area (Å²) in [7, 11) is 0. The number of carbonyl (C=O) groups is 1. The number of carbonyl (C=O) groups excluding carboxylic acids is 1. The summed E-state index contributed by atoms with van der Waals surface area (Å²) < 4.78 is 4.72. The van der Waals surface area contributed by atoms with Crippen molar-refractivity contribution in [2.24, 2.45) is 0 Å². The molecule has 1 atom stereocenters. The lowest BCUT2D eigenvalue weighted by Crippen LogP contribution is -2.24. The summed E-state index contributed by atoms with van der Waals surface area (Å²) in [6.45, 7) is 4.11. The number of thiophene rings is 1. The second-order valence-electron chi connectivity index (χ2n) is 3.19. The summed E-state index contributed by atoms with van der Waals surface area (Å²) in [5.74, 6) is -0.538. The minimum Gasteiger partial charge on any atom is -0.464 e. The van der Waals surface area contributed by atoms with Crippen LogP contribution in [0.3, 0.4) is 0 Å². The Kier molecular flexibility index (Phi) is 4.78. The zero-order chi connectivity index (χ0) is 11.3. The molecule has 0 aliphatic heterocycles. The Hall–Kier alpha value is -0.870. The number of aryl methyl sites for hydroxylation is 1. The summed E-state index contributed by atoms with van der Waals surface area (Å²) in [5.41, 5.74) is 0. The second kappa shape index (κ2) is 5.88. The molecule has 0 amide bonds. The van der Waals surface area contributed by atoms with Gasteiger partial charge >= 0.3 is 5.97 Å². The molecule has 0 spiro atoms. The number of hydrogen-bond donors (Lipinski definition) is 1. The molecule has 0 saturated heterocycles. The van der Waals surface area contributed by atoms with Gasteiger partial charge in [-0.05, 0) is 25.5 Å². The van der Waals surface area contributed by atoms with Gasteiger partial charge in [0.15, 0.2) is 6.10 Å². The van der Waals surface area contributed by atoms with E-state index >= 15 is 0 Å². The average molecular weight is 228 g/mol. The van der Waals surface area contributed by atoms with E-state index in [9.17, 15) is 9.90 Å². The first-order chi connectivity index (χ1) is 7.17. The van der Waals surface area contributed by atoms with E-state index in [1.807, 2.05) is 12.1 Å². The highest BCUT2D eigenvalue weighted by Crippen LogP contribution is 2.18. The standard InChI is InChI=1S/C11H16O3S/c1-3-8-5-6-9(15-8)7-10(12)11(13)14-4-2/h5-6,10,12H,3-4,7H2,1-2H3. The van der Waals surface area contributed by atoms with Crippen molar-refractivity contribution in [3.05, 3.63) is 21.9 Å². The smallest absolute Gasteiger partial charge is 0.335 e. The van der Waals surface area contributed by atoms with Crippen LogP contribution < -0.4 is 0 Å². The summed E-state index contributed by atoms with van der Waals surface area (Å²) in [6.07, 6.45) is 0.303. The first-order valence-corrected chi connectivity index (χ1v) is 5.91. The number of esters is 1. The number of hydrogen-bond acceptors (Lipinski definition) is 4. The molecule has 4 heteroatoms. The molecule has 0 radical (unpaired) electrons. The van der Waals surface area contributed by atoms with Crippen molar-refractivity contribution < 1.29 is 14.6 Å². The molecule has 1 heterocycles. The molecule has 1 unspecified atom stereocenters. The zero-order valence-electron chi connectivity index (χ0n) is 9.03. The van der Waals surface area contributed by atoms with Crippen molar-refractivity contribution in [1.82, 2.24) is 0 Å². The molecule has 84 valence electrons. The largest absolute Gasteiger partial charge is 0.464 e. The molecule has 0 aromatic carbocycles. The maximum atomic E-state index is 11.2. The van der Waals surface area contributed by atoms with Gasteiger partial charge in [-0.25, -0.2) is 4.79 Å². The minimum atomic E-state index is -1.03. The second-order valence-corrected chi connectivity index (χ2v) is 4.45. The van der Waals surface area contributed by atoms with Crippen molar-refractivity contribution in [2.75, 3.05) is 6.61 Å². The van der Waals surface area contributed by atoms with Crippen molar-refractivity contribution >= 4 is 17.3 Å². The third-order valence-corrected chi connectivity index (χ3v) is 3.27. The van der Waals surface area contributed by atoms with Gasteiger partial charge in [-0.2, -0.15) is 0 Å². The van der Waals surface area contributed by atoms with Crippen molar-refractivity contribution in [3.63, 3.8) is 0 Å². The normalized spacial score (nSPS) is 12.5. The van der Waals surface area contributed by atoms with Crippen LogP contribution in [0.2, 0.25) is 0 Å². The fraction of sp³-hybridized carbons (Fsp3) is 0.545. The highest BCUT2D eigenvalue weighted by molar-refractivity contribution is 7.12. The molecule has 1 rings (SSSR count). The molecule has 0 bridgehead atoms. The van der Waals surface area contributed by atoms with Gasteiger partial charge in [-0.3, -0.25) is 0 Å². The van der Waals surface area contributed by atoms with Crippen LogP contribution in [0.25, 0.3) is 0 Å². The van der Waals surface area contributed by atoms with Crippen molar-refractivity contribution in [3.8, 4) is 0 Å². The van der Waals surface area contributed by atoms with Crippen LogP contribution >= 0.6 is 11.3 Å². The van der Waals surface area contributed by atoms with Crippen molar-refractivity contribution in [2.45, 2.75) is 32.8 Å². The lowest BCUT2D eigenvalue weighted by atomic mass is 10.2. The monoisotopic (exact) mass is 228 g/mol. The quantitative estimate of drug-likeness (QED) is 0.781. The van der Waals surface area contributed by atoms with Crippen LogP contribution in [0.15, 0.2) is 12.1 Å². The maximum absolute atomic E-state index is 11.2. The maximum Gasteiger partial charge on any atom is 0.335 e. The number of aliphatic hydroxyl groups excluding tert-OH is 1. The fourth-order valence-electron chi connectivity index (χ4n) is 1.23. The number of ether oxygens (including phenoxy) is 1. The van der Waals surface area contributed by atoms with E-state index in [4.69, 9.17) is 4.74 Å². The Morgan fingerprint density at radius 1 is 1.47 bits per heavy atom. The Morgan fingerprint density at radius 3 is 2.67 bits per heavy atom. The van der Waals surface area contributed by atoms with Crippen LogP contribution in [-0.2, 0) is 22.4 Å². The molecule has 0 aliphatic carbocycles. The van der Waals surface area contributed by atoms with E-state index in [-0.39, 0.29) is 0 Å². The Labute approximate surface area is 93.7 Å². The summed E-state index contributed by atoms with van der Waals surface area (Å²) >= 11 is 1.63. The van der Waals surface area contributed by atoms with Crippen LogP contribution in [0, 0.1) is 0 Å². The van der Waals surface area contributed by atoms with Crippen LogP contribution in [0.1, 0.15) is 23.6 Å². The Morgan fingerprint density at radius 2 is 2.13 bits per heavy atom. The van der Waals surface area contributed by atoms with Gasteiger partial charge in [-0.1, -0.05) is 6.92 Å². The Bertz CT molecular complexity index is 319. The first-order valence-electron chi connectivity index (χ1n) is 5.09. The number of rotatable bonds is 5. The molecule has 1 N–H and O–H groups in total. The molecule has 1 aromatic heterocycles. The third kappa shape index (κ3) is 3.64. The van der Waals surface area contributed by atoms with E-state index in [0.29, 0.717) is 13.0 Å². The van der Waals surface area contributed by atoms with Gasteiger partial charge in [-0.15, -0.1) is 11.3 Å². The summed E-state index contributed by atoms with van der Waals surface area (Å²) in [4.78, 5) is 13.4. The first kappa shape index (κ1) is 12.2. The van der Waals surface area contributed by atoms with Gasteiger partial charge < -0.3 is 9.84 Å². The molecule has 0 fully saturated rings. The van der Waals surface area contributed by atoms with Gasteiger partial charge in [0, 0.05) is 16.2 Å². The lowest BCUT2D eigenvalue weighted by Gasteiger charge is -2.07. The van der Waals surface area contributed by atoms with E-state index in [1.165, 1.54) is 4.88 Å². The van der Waals surface area contributed by atoms with E-state index in [0.717, 1.165) is 11.3 Å². The van der Waals surface area contributed by atoms with Gasteiger partial charge in [0.1, 0.15) is 0 Å². The number of aliphatic hydroxyl groups is 1. The van der Waals surface area contributed by atoms with Crippen LogP contribution in [-0.4, -0.2) is 23.8 Å². The average Bonchev–Trinajstić information content (AvgIpc) is 2.66. The van der Waals surface area contributed by atoms with E-state index in [1.54, 1.807) is 18.3 Å². The summed E-state index contributed by atoms with van der Waals surface area (Å²) in [6, 6.07) is 3.98. The highest BCUT2D eigenvalue weighted by atomic mass is 32.1. The molecule has 3 nitrogen and oxygen atoms in total. The summed E-state index contributed by atoms with van der Waals surface area (Å²) in [5, 5.41) is 9.52. The van der Waals surface area contributed by atoms with E-state index in [2.05, 4.69) is 6.92 Å². The predicted octanol–water partition coefficient (Wildman–Crippen LogP) is 1.78. The lowest BCUT2D eigenvalue weighted by molar-refractivity contribution is -0.152. The molecule has 0 aliphatic rings. The zero-order valence-corrected chi connectivity index (χ0v) is 9.84. The van der Waals surface area contributed by atoms with Crippen molar-refractivity contribution in [1.29, 1.82) is 0 Å². The predicted molar refractivity (Wildman–Crippen MR) is 60.0 cm³/mol. The highest BCUT2D eigenvalue weighted by Gasteiger charge is 2.17. The molecule has 0 saturated carbocycles. The topological polar surface area (TPSA) is 46.5 Å². The van der Waals surface area contributed by atoms with Gasteiger partial charge in [0.05, 0.1) is 6.61 Å². The molecule has 1 aromatic rings. The SMILES string of the molecule is CCOC(=O)C(O)Cc1ccc(CC)s1. The molecular formula is C11H16O3S. The third-order valence-electron chi connectivity index (χ3n) is 2.02. The molecular weight excluding hydrogens is 212 g/mol.